The van der Waals surface area contributed by atoms with Gasteiger partial charge in [-0.2, -0.15) is 0 Å². The Labute approximate surface area is 185 Å². The maximum absolute atomic E-state index is 11.3. The number of H-pyrrole nitrogens is 1. The van der Waals surface area contributed by atoms with Gasteiger partial charge in [-0.05, 0) is 48.9 Å². The van der Waals surface area contributed by atoms with Crippen molar-refractivity contribution in [2.75, 3.05) is 13.7 Å². The molecule has 8 nitrogen and oxygen atoms in total. The number of aromatic nitrogens is 3. The van der Waals surface area contributed by atoms with Gasteiger partial charge in [0.25, 0.3) is 0 Å². The standard InChI is InChI=1S/C24H24N4O4/c1-15(13-30-2)32-20-11-18(23-27-21-4-3-9-26-24(21)28-23)10-19(12-20)31-14-16-5-7-17(8-6-16)22(25)29/h3-12,15H,13-14H2,1-2H3,(H2,25,29)(H,26,27,28)/t15-/m0/s1. The number of imidazole rings is 1. The molecule has 1 atom stereocenters. The summed E-state index contributed by atoms with van der Waals surface area (Å²) in [5.41, 5.74) is 8.95. The van der Waals surface area contributed by atoms with E-state index in [1.807, 2.05) is 49.4 Å². The lowest BCUT2D eigenvalue weighted by Crippen LogP contribution is -2.18. The molecular weight excluding hydrogens is 408 g/mol. The van der Waals surface area contributed by atoms with Gasteiger partial charge in [-0.3, -0.25) is 4.79 Å². The van der Waals surface area contributed by atoms with E-state index >= 15 is 0 Å². The number of ether oxygens (including phenoxy) is 3. The van der Waals surface area contributed by atoms with Crippen molar-refractivity contribution >= 4 is 17.1 Å². The summed E-state index contributed by atoms with van der Waals surface area (Å²) in [5, 5.41) is 0. The third-order valence-corrected chi connectivity index (χ3v) is 4.79. The van der Waals surface area contributed by atoms with Crippen molar-refractivity contribution in [1.29, 1.82) is 0 Å². The molecule has 1 amide bonds. The van der Waals surface area contributed by atoms with E-state index in [1.54, 1.807) is 25.4 Å². The number of nitrogens with one attached hydrogen (secondary N) is 1. The third-order valence-electron chi connectivity index (χ3n) is 4.79. The first-order valence-corrected chi connectivity index (χ1v) is 10.1. The van der Waals surface area contributed by atoms with Gasteiger partial charge in [0.15, 0.2) is 5.65 Å². The van der Waals surface area contributed by atoms with Crippen LogP contribution < -0.4 is 15.2 Å². The summed E-state index contributed by atoms with van der Waals surface area (Å²) < 4.78 is 17.2. The molecule has 0 saturated carbocycles. The normalized spacial score (nSPS) is 11.9. The molecule has 2 aromatic heterocycles. The molecule has 0 unspecified atom stereocenters. The SMILES string of the molecule is COC[C@H](C)Oc1cc(OCc2ccc(C(N)=O)cc2)cc(-c2nc3ncccc3[nH]2)c1. The zero-order chi connectivity index (χ0) is 22.5. The third kappa shape index (κ3) is 5.04. The van der Waals surface area contributed by atoms with Crippen molar-refractivity contribution in [3.05, 3.63) is 71.9 Å². The van der Waals surface area contributed by atoms with Crippen LogP contribution >= 0.6 is 0 Å². The number of carbonyl (C=O) groups excluding carboxylic acids is 1. The molecule has 2 aromatic carbocycles. The summed E-state index contributed by atoms with van der Waals surface area (Å²) in [6.45, 7) is 2.71. The van der Waals surface area contributed by atoms with Crippen LogP contribution in [0.4, 0.5) is 0 Å². The van der Waals surface area contributed by atoms with Crippen LogP contribution in [0.25, 0.3) is 22.6 Å². The topological polar surface area (TPSA) is 112 Å². The van der Waals surface area contributed by atoms with E-state index in [0.717, 1.165) is 16.6 Å². The molecular formula is C24H24N4O4. The Morgan fingerprint density at radius 1 is 1.12 bits per heavy atom. The molecule has 2 heterocycles. The highest BCUT2D eigenvalue weighted by atomic mass is 16.5. The summed E-state index contributed by atoms with van der Waals surface area (Å²) in [7, 11) is 1.63. The van der Waals surface area contributed by atoms with E-state index in [0.29, 0.717) is 41.7 Å². The maximum Gasteiger partial charge on any atom is 0.248 e. The zero-order valence-corrected chi connectivity index (χ0v) is 17.9. The van der Waals surface area contributed by atoms with Crippen LogP contribution in [-0.2, 0) is 11.3 Å². The van der Waals surface area contributed by atoms with Gasteiger partial charge in [-0.1, -0.05) is 12.1 Å². The largest absolute Gasteiger partial charge is 0.489 e. The molecule has 0 aliphatic heterocycles. The smallest absolute Gasteiger partial charge is 0.248 e. The van der Waals surface area contributed by atoms with Crippen molar-refractivity contribution < 1.29 is 19.0 Å². The van der Waals surface area contributed by atoms with Gasteiger partial charge in [-0.25, -0.2) is 9.97 Å². The summed E-state index contributed by atoms with van der Waals surface area (Å²) in [6.07, 6.45) is 1.57. The number of aromatic amines is 1. The number of nitrogens with two attached hydrogens (primary N) is 1. The maximum atomic E-state index is 11.3. The first-order chi connectivity index (χ1) is 15.5. The molecule has 8 heteroatoms. The fourth-order valence-electron chi connectivity index (χ4n) is 3.27. The summed E-state index contributed by atoms with van der Waals surface area (Å²) in [4.78, 5) is 23.4. The molecule has 0 bridgehead atoms. The molecule has 0 radical (unpaired) electrons. The van der Waals surface area contributed by atoms with Crippen molar-refractivity contribution in [2.24, 2.45) is 5.73 Å². The number of amides is 1. The van der Waals surface area contributed by atoms with E-state index in [9.17, 15) is 4.79 Å². The van der Waals surface area contributed by atoms with Gasteiger partial charge in [0.2, 0.25) is 5.91 Å². The van der Waals surface area contributed by atoms with E-state index in [1.165, 1.54) is 0 Å². The van der Waals surface area contributed by atoms with Crippen LogP contribution in [0.3, 0.4) is 0 Å². The Hall–Kier alpha value is -3.91. The summed E-state index contributed by atoms with van der Waals surface area (Å²) >= 11 is 0. The highest BCUT2D eigenvalue weighted by Crippen LogP contribution is 2.30. The Balaban J connectivity index is 1.61. The minimum absolute atomic E-state index is 0.137. The molecule has 32 heavy (non-hydrogen) atoms. The van der Waals surface area contributed by atoms with Gasteiger partial charge in [0.05, 0.1) is 12.1 Å². The molecule has 0 aliphatic rings. The number of primary amides is 1. The number of rotatable bonds is 9. The molecule has 4 rings (SSSR count). The molecule has 0 saturated heterocycles. The Morgan fingerprint density at radius 2 is 1.91 bits per heavy atom. The van der Waals surface area contributed by atoms with Crippen molar-refractivity contribution in [2.45, 2.75) is 19.6 Å². The minimum Gasteiger partial charge on any atom is -0.489 e. The van der Waals surface area contributed by atoms with E-state index in [-0.39, 0.29) is 6.10 Å². The zero-order valence-electron chi connectivity index (χ0n) is 17.9. The number of pyridine rings is 1. The Kier molecular flexibility index (Phi) is 6.32. The van der Waals surface area contributed by atoms with Crippen LogP contribution in [0.1, 0.15) is 22.8 Å². The lowest BCUT2D eigenvalue weighted by atomic mass is 10.1. The molecule has 164 valence electrons. The lowest BCUT2D eigenvalue weighted by Gasteiger charge is -2.16. The Morgan fingerprint density at radius 3 is 2.62 bits per heavy atom. The minimum atomic E-state index is -0.461. The Bertz CT molecular complexity index is 1190. The average Bonchev–Trinajstić information content (AvgIpc) is 3.22. The van der Waals surface area contributed by atoms with Gasteiger partial charge in [0.1, 0.15) is 30.0 Å². The van der Waals surface area contributed by atoms with Crippen LogP contribution in [-0.4, -0.2) is 40.7 Å². The molecule has 4 aromatic rings. The highest BCUT2D eigenvalue weighted by Gasteiger charge is 2.12. The fraction of sp³-hybridized carbons (Fsp3) is 0.208. The van der Waals surface area contributed by atoms with Crippen LogP contribution in [0.15, 0.2) is 60.8 Å². The van der Waals surface area contributed by atoms with Crippen molar-refractivity contribution in [3.63, 3.8) is 0 Å². The van der Waals surface area contributed by atoms with Gasteiger partial charge < -0.3 is 24.9 Å². The average molecular weight is 432 g/mol. The number of carbonyl (C=O) groups is 1. The summed E-state index contributed by atoms with van der Waals surface area (Å²) in [6, 6.07) is 16.4. The van der Waals surface area contributed by atoms with E-state index in [2.05, 4.69) is 15.0 Å². The molecule has 3 N–H and O–H groups in total. The van der Waals surface area contributed by atoms with Crippen LogP contribution in [0.5, 0.6) is 11.5 Å². The quantitative estimate of drug-likeness (QED) is 0.417. The van der Waals surface area contributed by atoms with Gasteiger partial charge >= 0.3 is 0 Å². The molecule has 0 aliphatic carbocycles. The van der Waals surface area contributed by atoms with E-state index in [4.69, 9.17) is 19.9 Å². The number of hydrogen-bond donors (Lipinski definition) is 2. The van der Waals surface area contributed by atoms with Crippen molar-refractivity contribution in [1.82, 2.24) is 15.0 Å². The molecule has 0 spiro atoms. The second-order valence-electron chi connectivity index (χ2n) is 7.39. The molecule has 0 fully saturated rings. The second kappa shape index (κ2) is 9.49. The monoisotopic (exact) mass is 432 g/mol. The van der Waals surface area contributed by atoms with Crippen LogP contribution in [0.2, 0.25) is 0 Å². The van der Waals surface area contributed by atoms with Crippen LogP contribution in [0, 0.1) is 0 Å². The van der Waals surface area contributed by atoms with Gasteiger partial charge in [-0.15, -0.1) is 0 Å². The second-order valence-corrected chi connectivity index (χ2v) is 7.39. The number of hydrogen-bond acceptors (Lipinski definition) is 6. The number of benzene rings is 2. The number of nitrogens with zero attached hydrogens (tertiary/aromatic N) is 2. The lowest BCUT2D eigenvalue weighted by molar-refractivity contribution is 0.0919. The predicted octanol–water partition coefficient (Wildman–Crippen LogP) is 3.72. The predicted molar refractivity (Wildman–Crippen MR) is 121 cm³/mol. The summed E-state index contributed by atoms with van der Waals surface area (Å²) in [5.74, 6) is 1.46. The van der Waals surface area contributed by atoms with E-state index < -0.39 is 5.91 Å². The first-order valence-electron chi connectivity index (χ1n) is 10.1. The van der Waals surface area contributed by atoms with Gasteiger partial charge in [0, 0.05) is 30.5 Å². The fourth-order valence-corrected chi connectivity index (χ4v) is 3.27. The number of fused-ring (bicyclic) bond motifs is 1. The highest BCUT2D eigenvalue weighted by molar-refractivity contribution is 5.92. The number of methoxy groups -OCH3 is 1. The first kappa shape index (κ1) is 21.3. The van der Waals surface area contributed by atoms with Crippen molar-refractivity contribution in [3.8, 4) is 22.9 Å².